The van der Waals surface area contributed by atoms with Gasteiger partial charge in [-0.2, -0.15) is 13.2 Å². The van der Waals surface area contributed by atoms with E-state index in [1.807, 2.05) is 4.90 Å². The van der Waals surface area contributed by atoms with Crippen molar-refractivity contribution >= 4 is 11.6 Å². The van der Waals surface area contributed by atoms with Gasteiger partial charge in [0.15, 0.2) is 0 Å². The molecule has 1 atom stereocenters. The van der Waals surface area contributed by atoms with Crippen LogP contribution in [0.5, 0.6) is 0 Å². The Morgan fingerprint density at radius 1 is 1.19 bits per heavy atom. The normalized spacial score (nSPS) is 22.7. The fourth-order valence-electron chi connectivity index (χ4n) is 3.98. The number of likely N-dealkylation sites (N-methyl/N-ethyl adjacent to an activating group) is 1. The van der Waals surface area contributed by atoms with Crippen LogP contribution >= 0.6 is 0 Å². The lowest BCUT2D eigenvalue weighted by molar-refractivity contribution is -0.137. The second kappa shape index (κ2) is 8.48. The summed E-state index contributed by atoms with van der Waals surface area (Å²) in [7, 11) is 1.65. The third-order valence-electron chi connectivity index (χ3n) is 5.50. The van der Waals surface area contributed by atoms with Crippen molar-refractivity contribution in [2.45, 2.75) is 25.1 Å². The molecule has 3 rings (SSSR count). The topological polar surface area (TPSA) is 38.8 Å². The molecule has 8 heteroatoms. The summed E-state index contributed by atoms with van der Waals surface area (Å²) in [6.45, 7) is 5.33. The third-order valence-corrected chi connectivity index (χ3v) is 5.50. The lowest BCUT2D eigenvalue weighted by Gasteiger charge is -2.43. The zero-order valence-corrected chi connectivity index (χ0v) is 15.6. The van der Waals surface area contributed by atoms with E-state index in [-0.39, 0.29) is 5.91 Å². The van der Waals surface area contributed by atoms with Crippen LogP contribution in [0.2, 0.25) is 0 Å². The van der Waals surface area contributed by atoms with Crippen LogP contribution in [0.3, 0.4) is 0 Å². The summed E-state index contributed by atoms with van der Waals surface area (Å²) in [4.78, 5) is 18.2. The number of amides is 1. The van der Waals surface area contributed by atoms with Gasteiger partial charge in [-0.05, 0) is 37.6 Å². The molecule has 2 saturated heterocycles. The van der Waals surface area contributed by atoms with Gasteiger partial charge in [0.25, 0.3) is 0 Å². The molecule has 1 aromatic rings. The van der Waals surface area contributed by atoms with Gasteiger partial charge in [0, 0.05) is 51.5 Å². The summed E-state index contributed by atoms with van der Waals surface area (Å²) in [5.41, 5.74) is 0.0360. The lowest BCUT2D eigenvalue weighted by Crippen LogP contribution is -2.55. The number of piperazine rings is 1. The number of nitrogens with zero attached hydrogens (tertiary/aromatic N) is 3. The number of anilines is 1. The number of halogens is 3. The van der Waals surface area contributed by atoms with E-state index in [0.29, 0.717) is 31.4 Å². The molecule has 1 amide bonds. The van der Waals surface area contributed by atoms with Gasteiger partial charge >= 0.3 is 6.18 Å². The van der Waals surface area contributed by atoms with Crippen molar-refractivity contribution in [2.24, 2.45) is 0 Å². The van der Waals surface area contributed by atoms with E-state index in [1.165, 1.54) is 12.1 Å². The highest BCUT2D eigenvalue weighted by atomic mass is 19.4. The average molecular weight is 384 g/mol. The van der Waals surface area contributed by atoms with Crippen molar-refractivity contribution in [3.8, 4) is 0 Å². The van der Waals surface area contributed by atoms with Gasteiger partial charge in [-0.15, -0.1) is 0 Å². The number of alkyl halides is 3. The highest BCUT2D eigenvalue weighted by Crippen LogP contribution is 2.32. The number of piperidine rings is 1. The number of hydrogen-bond donors (Lipinski definition) is 1. The van der Waals surface area contributed by atoms with Gasteiger partial charge in [0.1, 0.15) is 0 Å². The molecule has 2 fully saturated rings. The monoisotopic (exact) mass is 384 g/mol. The standard InChI is InChI=1S/C19H27F3N4O/c1-23-18(27)14-24-7-3-6-17(13-24)26-10-8-25(9-11-26)16-5-2-4-15(12-16)19(20,21)22/h2,4-5,12,17H,3,6-11,13-14H2,1H3,(H,23,27). The molecule has 0 spiro atoms. The first-order valence-corrected chi connectivity index (χ1v) is 9.46. The molecule has 1 unspecified atom stereocenters. The summed E-state index contributed by atoms with van der Waals surface area (Å²) in [6.07, 6.45) is -2.14. The Balaban J connectivity index is 1.55. The Hall–Kier alpha value is -1.80. The van der Waals surface area contributed by atoms with Crippen LogP contribution in [0.4, 0.5) is 18.9 Å². The number of nitrogens with one attached hydrogen (secondary N) is 1. The molecule has 0 aliphatic carbocycles. The first kappa shape index (κ1) is 19.9. The fourth-order valence-corrected chi connectivity index (χ4v) is 3.98. The summed E-state index contributed by atoms with van der Waals surface area (Å²) in [5.74, 6) is 0.0324. The fraction of sp³-hybridized carbons (Fsp3) is 0.632. The molecule has 0 bridgehead atoms. The number of benzene rings is 1. The Bertz CT molecular complexity index is 644. The van der Waals surface area contributed by atoms with Crippen LogP contribution in [-0.2, 0) is 11.0 Å². The zero-order valence-electron chi connectivity index (χ0n) is 15.6. The summed E-state index contributed by atoms with van der Waals surface area (Å²) in [6, 6.07) is 5.98. The second-order valence-corrected chi connectivity index (χ2v) is 7.28. The summed E-state index contributed by atoms with van der Waals surface area (Å²) in [5, 5.41) is 2.66. The smallest absolute Gasteiger partial charge is 0.369 e. The maximum absolute atomic E-state index is 12.9. The van der Waals surface area contributed by atoms with Crippen LogP contribution in [0, 0.1) is 0 Å². The molecule has 2 aliphatic rings. The van der Waals surface area contributed by atoms with E-state index in [9.17, 15) is 18.0 Å². The van der Waals surface area contributed by atoms with Crippen LogP contribution in [0.1, 0.15) is 18.4 Å². The first-order chi connectivity index (χ1) is 12.9. The number of hydrogen-bond acceptors (Lipinski definition) is 4. The van der Waals surface area contributed by atoms with Crippen molar-refractivity contribution in [3.05, 3.63) is 29.8 Å². The predicted molar refractivity (Wildman–Crippen MR) is 98.8 cm³/mol. The molecule has 0 saturated carbocycles. The average Bonchev–Trinajstić information content (AvgIpc) is 2.68. The minimum Gasteiger partial charge on any atom is -0.369 e. The van der Waals surface area contributed by atoms with E-state index in [0.717, 1.165) is 45.1 Å². The van der Waals surface area contributed by atoms with Crippen LogP contribution < -0.4 is 10.2 Å². The minimum absolute atomic E-state index is 0.0324. The maximum atomic E-state index is 12.9. The molecule has 2 heterocycles. The summed E-state index contributed by atoms with van der Waals surface area (Å²) >= 11 is 0. The van der Waals surface area contributed by atoms with Crippen LogP contribution in [0.15, 0.2) is 24.3 Å². The Kier molecular flexibility index (Phi) is 6.26. The Labute approximate surface area is 158 Å². The molecular weight excluding hydrogens is 357 g/mol. The number of rotatable bonds is 4. The maximum Gasteiger partial charge on any atom is 0.416 e. The van der Waals surface area contributed by atoms with Crippen LogP contribution in [-0.4, -0.2) is 74.6 Å². The molecule has 2 aliphatic heterocycles. The number of carbonyl (C=O) groups is 1. The minimum atomic E-state index is -4.31. The van der Waals surface area contributed by atoms with Crippen molar-refractivity contribution in [1.29, 1.82) is 0 Å². The molecule has 5 nitrogen and oxygen atoms in total. The molecule has 150 valence electrons. The van der Waals surface area contributed by atoms with E-state index in [4.69, 9.17) is 0 Å². The molecule has 1 N–H and O–H groups in total. The first-order valence-electron chi connectivity index (χ1n) is 9.46. The van der Waals surface area contributed by atoms with Crippen molar-refractivity contribution in [2.75, 3.05) is 57.8 Å². The van der Waals surface area contributed by atoms with Gasteiger partial charge in [-0.25, -0.2) is 0 Å². The van der Waals surface area contributed by atoms with Gasteiger partial charge in [0.05, 0.1) is 12.1 Å². The van der Waals surface area contributed by atoms with E-state index in [1.54, 1.807) is 13.1 Å². The van der Waals surface area contributed by atoms with Crippen molar-refractivity contribution in [3.63, 3.8) is 0 Å². The molecular formula is C19H27F3N4O. The van der Waals surface area contributed by atoms with Crippen molar-refractivity contribution < 1.29 is 18.0 Å². The quantitative estimate of drug-likeness (QED) is 0.862. The van der Waals surface area contributed by atoms with Gasteiger partial charge < -0.3 is 10.2 Å². The molecule has 1 aromatic carbocycles. The molecule has 27 heavy (non-hydrogen) atoms. The molecule has 0 radical (unpaired) electrons. The summed E-state index contributed by atoms with van der Waals surface area (Å²) < 4.78 is 38.8. The predicted octanol–water partition coefficient (Wildman–Crippen LogP) is 2.04. The van der Waals surface area contributed by atoms with Gasteiger partial charge in [-0.1, -0.05) is 6.07 Å². The van der Waals surface area contributed by atoms with Gasteiger partial charge in [-0.3, -0.25) is 14.6 Å². The number of carbonyl (C=O) groups excluding carboxylic acids is 1. The van der Waals surface area contributed by atoms with Gasteiger partial charge in [0.2, 0.25) is 5.91 Å². The third kappa shape index (κ3) is 5.13. The van der Waals surface area contributed by atoms with E-state index >= 15 is 0 Å². The SMILES string of the molecule is CNC(=O)CN1CCCC(N2CCN(c3cccc(C(F)(F)F)c3)CC2)C1. The molecule has 0 aromatic heterocycles. The number of likely N-dealkylation sites (tertiary alicyclic amines) is 1. The van der Waals surface area contributed by atoms with Crippen molar-refractivity contribution in [1.82, 2.24) is 15.1 Å². The van der Waals surface area contributed by atoms with E-state index in [2.05, 4.69) is 15.1 Å². The Morgan fingerprint density at radius 3 is 2.59 bits per heavy atom. The second-order valence-electron chi connectivity index (χ2n) is 7.28. The largest absolute Gasteiger partial charge is 0.416 e. The lowest BCUT2D eigenvalue weighted by atomic mass is 10.0. The van der Waals surface area contributed by atoms with E-state index < -0.39 is 11.7 Å². The highest BCUT2D eigenvalue weighted by molar-refractivity contribution is 5.77. The zero-order chi connectivity index (χ0) is 19.4. The van der Waals surface area contributed by atoms with Crippen LogP contribution in [0.25, 0.3) is 0 Å². The Morgan fingerprint density at radius 2 is 1.93 bits per heavy atom. The highest BCUT2D eigenvalue weighted by Gasteiger charge is 2.32.